The predicted molar refractivity (Wildman–Crippen MR) is 135 cm³/mol. The number of pyridine rings is 1. The average molecular weight is 487 g/mol. The number of nitrogens with zero attached hydrogens (tertiary/aromatic N) is 3. The molecule has 0 bridgehead atoms. The number of thioether (sulfide) groups is 1. The first kappa shape index (κ1) is 22.7. The molecule has 0 saturated heterocycles. The third kappa shape index (κ3) is 5.20. The zero-order valence-corrected chi connectivity index (χ0v) is 19.7. The number of rotatable bonds is 6. The number of carbonyl (C=O) groups is 2. The Morgan fingerprint density at radius 1 is 1.11 bits per heavy atom. The summed E-state index contributed by atoms with van der Waals surface area (Å²) in [6.07, 6.45) is 3.39. The number of carbonyl (C=O) groups excluding carboxylic acids is 2. The molecule has 2 aliphatic heterocycles. The van der Waals surface area contributed by atoms with Crippen molar-refractivity contribution >= 4 is 40.5 Å². The van der Waals surface area contributed by atoms with Crippen molar-refractivity contribution in [1.82, 2.24) is 10.3 Å². The molecule has 0 fully saturated rings. The first-order valence-electron chi connectivity index (χ1n) is 11.0. The molecule has 0 saturated carbocycles. The van der Waals surface area contributed by atoms with Crippen LogP contribution in [0.1, 0.15) is 16.8 Å². The van der Waals surface area contributed by atoms with E-state index in [-0.39, 0.29) is 30.1 Å². The van der Waals surface area contributed by atoms with E-state index in [0.717, 1.165) is 16.8 Å². The summed E-state index contributed by atoms with van der Waals surface area (Å²) in [7, 11) is 0. The molecule has 3 aromatic rings. The molecule has 5 rings (SSSR count). The molecule has 2 aromatic carbocycles. The lowest BCUT2D eigenvalue weighted by Gasteiger charge is -2.18. The second-order valence-electron chi connectivity index (χ2n) is 7.90. The molecule has 2 aliphatic rings. The van der Waals surface area contributed by atoms with Crippen LogP contribution in [-0.2, 0) is 16.1 Å². The van der Waals surface area contributed by atoms with Gasteiger partial charge in [0.25, 0.3) is 5.91 Å². The molecule has 8 nitrogen and oxygen atoms in total. The molecule has 0 unspecified atom stereocenters. The summed E-state index contributed by atoms with van der Waals surface area (Å²) in [4.78, 5) is 36.1. The fraction of sp³-hybridized carbons (Fsp3) is 0.154. The van der Waals surface area contributed by atoms with Gasteiger partial charge in [0.2, 0.25) is 12.7 Å². The van der Waals surface area contributed by atoms with E-state index in [4.69, 9.17) is 9.47 Å². The monoisotopic (exact) mass is 486 g/mol. The number of ether oxygens (including phenoxy) is 2. The van der Waals surface area contributed by atoms with Crippen molar-refractivity contribution in [2.24, 2.45) is 4.99 Å². The molecular formula is C26H22N4O4S. The van der Waals surface area contributed by atoms with Gasteiger partial charge in [0, 0.05) is 6.20 Å². The molecule has 0 atom stereocenters. The number of benzene rings is 2. The van der Waals surface area contributed by atoms with E-state index in [9.17, 15) is 9.59 Å². The van der Waals surface area contributed by atoms with E-state index in [2.05, 4.69) is 15.3 Å². The number of fused-ring (bicyclic) bond motifs is 1. The summed E-state index contributed by atoms with van der Waals surface area (Å²) in [5.41, 5.74) is 3.59. The van der Waals surface area contributed by atoms with Crippen LogP contribution in [0.2, 0.25) is 0 Å². The van der Waals surface area contributed by atoms with Crippen LogP contribution in [0.5, 0.6) is 11.5 Å². The van der Waals surface area contributed by atoms with E-state index in [1.54, 1.807) is 18.3 Å². The molecule has 2 amide bonds. The molecular weight excluding hydrogens is 464 g/mol. The highest BCUT2D eigenvalue weighted by Crippen LogP contribution is 2.34. The van der Waals surface area contributed by atoms with Crippen molar-refractivity contribution in [1.29, 1.82) is 0 Å². The average Bonchev–Trinajstić information content (AvgIpc) is 3.46. The van der Waals surface area contributed by atoms with Crippen LogP contribution in [0.15, 0.2) is 77.5 Å². The number of aromatic nitrogens is 1. The second kappa shape index (κ2) is 10.0. The topological polar surface area (TPSA) is 93.1 Å². The van der Waals surface area contributed by atoms with Crippen LogP contribution >= 0.6 is 11.8 Å². The highest BCUT2D eigenvalue weighted by molar-refractivity contribution is 8.14. The van der Waals surface area contributed by atoms with E-state index in [1.165, 1.54) is 16.7 Å². The van der Waals surface area contributed by atoms with E-state index in [1.807, 2.05) is 61.5 Å². The largest absolute Gasteiger partial charge is 0.454 e. The Labute approximate surface area is 206 Å². The van der Waals surface area contributed by atoms with Crippen LogP contribution in [0.3, 0.4) is 0 Å². The van der Waals surface area contributed by atoms with Gasteiger partial charge in [-0.25, -0.2) is 4.99 Å². The summed E-state index contributed by atoms with van der Waals surface area (Å²) in [5.74, 6) is 0.972. The van der Waals surface area contributed by atoms with Crippen molar-refractivity contribution in [3.8, 4) is 11.5 Å². The maximum atomic E-state index is 13.4. The van der Waals surface area contributed by atoms with Gasteiger partial charge in [0.15, 0.2) is 16.7 Å². The van der Waals surface area contributed by atoms with Gasteiger partial charge in [-0.3, -0.25) is 19.5 Å². The zero-order valence-electron chi connectivity index (χ0n) is 18.9. The van der Waals surface area contributed by atoms with Gasteiger partial charge in [0.1, 0.15) is 5.70 Å². The highest BCUT2D eigenvalue weighted by atomic mass is 32.2. The number of hydrogen-bond donors (Lipinski definition) is 1. The van der Waals surface area contributed by atoms with Gasteiger partial charge < -0.3 is 14.8 Å². The summed E-state index contributed by atoms with van der Waals surface area (Å²) >= 11 is 1.21. The molecule has 0 radical (unpaired) electrons. The Morgan fingerprint density at radius 2 is 1.94 bits per heavy atom. The minimum absolute atomic E-state index is 0.110. The Hall–Kier alpha value is -4.11. The number of anilines is 1. The van der Waals surface area contributed by atoms with E-state index < -0.39 is 0 Å². The molecule has 35 heavy (non-hydrogen) atoms. The fourth-order valence-corrected chi connectivity index (χ4v) is 4.39. The Kier molecular flexibility index (Phi) is 6.49. The fourth-order valence-electron chi connectivity index (χ4n) is 3.55. The lowest BCUT2D eigenvalue weighted by molar-refractivity contribution is -0.118. The minimum atomic E-state index is -0.261. The van der Waals surface area contributed by atoms with Crippen molar-refractivity contribution in [2.75, 3.05) is 17.4 Å². The van der Waals surface area contributed by atoms with E-state index in [0.29, 0.717) is 28.9 Å². The minimum Gasteiger partial charge on any atom is -0.454 e. The van der Waals surface area contributed by atoms with Crippen LogP contribution < -0.4 is 19.7 Å². The lowest BCUT2D eigenvalue weighted by Crippen LogP contribution is -2.32. The smallest absolute Gasteiger partial charge is 0.283 e. The zero-order chi connectivity index (χ0) is 24.2. The number of amides is 2. The van der Waals surface area contributed by atoms with Crippen molar-refractivity contribution in [2.45, 2.75) is 13.5 Å². The van der Waals surface area contributed by atoms with Gasteiger partial charge in [-0.15, -0.1) is 0 Å². The number of aliphatic imine (C=N–C) groups is 1. The number of nitrogens with one attached hydrogen (secondary N) is 1. The summed E-state index contributed by atoms with van der Waals surface area (Å²) < 4.78 is 10.8. The van der Waals surface area contributed by atoms with Crippen molar-refractivity contribution in [3.63, 3.8) is 0 Å². The maximum Gasteiger partial charge on any atom is 0.283 e. The van der Waals surface area contributed by atoms with Gasteiger partial charge in [-0.05, 0) is 55.0 Å². The van der Waals surface area contributed by atoms with Crippen LogP contribution in [-0.4, -0.2) is 34.5 Å². The summed E-state index contributed by atoms with van der Waals surface area (Å²) in [5, 5.41) is 3.29. The third-order valence-electron chi connectivity index (χ3n) is 5.35. The Morgan fingerprint density at radius 3 is 2.74 bits per heavy atom. The molecule has 176 valence electrons. The molecule has 0 spiro atoms. The van der Waals surface area contributed by atoms with Gasteiger partial charge >= 0.3 is 0 Å². The maximum absolute atomic E-state index is 13.4. The Balaban J connectivity index is 1.35. The van der Waals surface area contributed by atoms with Crippen LogP contribution in [0.4, 0.5) is 5.69 Å². The summed E-state index contributed by atoms with van der Waals surface area (Å²) in [6.45, 7) is 2.50. The van der Waals surface area contributed by atoms with E-state index >= 15 is 0 Å². The van der Waals surface area contributed by atoms with Gasteiger partial charge in [0.05, 0.1) is 23.7 Å². The first-order chi connectivity index (χ1) is 17.1. The van der Waals surface area contributed by atoms with Crippen LogP contribution in [0, 0.1) is 6.92 Å². The van der Waals surface area contributed by atoms with Crippen LogP contribution in [0.25, 0.3) is 6.08 Å². The molecule has 1 aromatic heterocycles. The third-order valence-corrected chi connectivity index (χ3v) is 6.29. The van der Waals surface area contributed by atoms with Gasteiger partial charge in [-0.2, -0.15) is 0 Å². The quantitative estimate of drug-likeness (QED) is 0.531. The number of aryl methyl sites for hydroxylation is 1. The first-order valence-corrected chi connectivity index (χ1v) is 12.0. The molecule has 0 aliphatic carbocycles. The SMILES string of the molecule is Cc1ccc(N2C(=O)/C(=C/c3ccc4c(c3)OCO4)N=C2SCC(=O)NCc2ccccn2)cc1. The molecule has 3 heterocycles. The number of amidine groups is 1. The number of hydrogen-bond acceptors (Lipinski definition) is 7. The standard InChI is InChI=1S/C26H22N4O4S/c1-17-5-8-20(9-6-17)30-25(32)21(12-18-7-10-22-23(13-18)34-16-33-22)29-26(30)35-15-24(31)28-14-19-4-2-3-11-27-19/h2-13H,14-16H2,1H3,(H,28,31)/b21-12-. The highest BCUT2D eigenvalue weighted by Gasteiger charge is 2.32. The van der Waals surface area contributed by atoms with Crippen molar-refractivity contribution < 1.29 is 19.1 Å². The lowest BCUT2D eigenvalue weighted by atomic mass is 10.1. The van der Waals surface area contributed by atoms with Gasteiger partial charge in [-0.1, -0.05) is 41.6 Å². The molecule has 1 N–H and O–H groups in total. The normalized spacial score (nSPS) is 15.5. The second-order valence-corrected chi connectivity index (χ2v) is 8.84. The van der Waals surface area contributed by atoms with Crippen molar-refractivity contribution in [3.05, 3.63) is 89.4 Å². The molecule has 9 heteroatoms. The Bertz CT molecular complexity index is 1320. The predicted octanol–water partition coefficient (Wildman–Crippen LogP) is 3.91. The summed E-state index contributed by atoms with van der Waals surface area (Å²) in [6, 6.07) is 18.6.